The monoisotopic (exact) mass is 434 g/mol. The lowest BCUT2D eigenvalue weighted by molar-refractivity contribution is 0.0702. The predicted octanol–water partition coefficient (Wildman–Crippen LogP) is 3.91. The fraction of sp³-hybridized carbons (Fsp3) is 0.500. The van der Waals surface area contributed by atoms with Gasteiger partial charge in [-0.25, -0.2) is 0 Å². The van der Waals surface area contributed by atoms with Gasteiger partial charge < -0.3 is 18.4 Å². The molecule has 1 heterocycles. The highest BCUT2D eigenvalue weighted by molar-refractivity contribution is 7.87. The Bertz CT molecular complexity index is 948. The number of carbonyl (C=O) groups excluding carboxylic acids is 1. The summed E-state index contributed by atoms with van der Waals surface area (Å²) in [7, 11) is -3.70. The van der Waals surface area contributed by atoms with Gasteiger partial charge in [-0.3, -0.25) is 4.79 Å². The first-order valence-corrected chi connectivity index (χ1v) is 12.1. The van der Waals surface area contributed by atoms with Gasteiger partial charge in [0.2, 0.25) is 0 Å². The van der Waals surface area contributed by atoms with Crippen molar-refractivity contribution in [3.05, 3.63) is 47.9 Å². The summed E-state index contributed by atoms with van der Waals surface area (Å²) < 4.78 is 35.1. The molecule has 0 radical (unpaired) electrons. The smallest absolute Gasteiger partial charge is 0.308 e. The molecule has 2 aromatic rings. The van der Waals surface area contributed by atoms with Crippen LogP contribution in [-0.4, -0.2) is 44.6 Å². The fourth-order valence-electron chi connectivity index (χ4n) is 3.33. The molecule has 164 valence electrons. The topological polar surface area (TPSA) is 80.1 Å². The minimum atomic E-state index is -3.70. The Morgan fingerprint density at radius 3 is 2.47 bits per heavy atom. The number of carbonyl (C=O) groups is 1. The maximum Gasteiger partial charge on any atom is 0.308 e. The van der Waals surface area contributed by atoms with E-state index in [0.717, 1.165) is 31.6 Å². The van der Waals surface area contributed by atoms with Crippen molar-refractivity contribution in [3.8, 4) is 5.75 Å². The minimum absolute atomic E-state index is 0.126. The van der Waals surface area contributed by atoms with E-state index in [1.165, 1.54) is 6.26 Å². The Kier molecular flexibility index (Phi) is 7.07. The van der Waals surface area contributed by atoms with Gasteiger partial charge in [0.15, 0.2) is 5.76 Å². The Morgan fingerprint density at radius 1 is 1.17 bits per heavy atom. The highest BCUT2D eigenvalue weighted by Gasteiger charge is 2.29. The molecule has 30 heavy (non-hydrogen) atoms. The summed E-state index contributed by atoms with van der Waals surface area (Å²) >= 11 is 0. The van der Waals surface area contributed by atoms with Gasteiger partial charge in [0, 0.05) is 43.5 Å². The first-order chi connectivity index (χ1) is 14.4. The summed E-state index contributed by atoms with van der Waals surface area (Å²) in [4.78, 5) is 16.8. The average molecular weight is 435 g/mol. The molecular weight excluding hydrogens is 404 g/mol. The Hall–Kier alpha value is -2.48. The molecule has 1 saturated carbocycles. The van der Waals surface area contributed by atoms with Crippen molar-refractivity contribution in [2.75, 3.05) is 30.3 Å². The molecular formula is C22H30N2O5S. The van der Waals surface area contributed by atoms with E-state index in [2.05, 4.69) is 4.90 Å². The van der Waals surface area contributed by atoms with Crippen molar-refractivity contribution in [2.45, 2.75) is 40.2 Å². The first kappa shape index (κ1) is 22.2. The maximum absolute atomic E-state index is 13.0. The van der Waals surface area contributed by atoms with Crippen molar-refractivity contribution >= 4 is 21.7 Å². The van der Waals surface area contributed by atoms with E-state index in [1.807, 2.05) is 26.0 Å². The molecule has 0 aliphatic heterocycles. The van der Waals surface area contributed by atoms with Crippen LogP contribution in [0.1, 0.15) is 49.7 Å². The van der Waals surface area contributed by atoms with Crippen molar-refractivity contribution in [2.24, 2.45) is 5.92 Å². The molecule has 1 fully saturated rings. The van der Waals surface area contributed by atoms with E-state index >= 15 is 0 Å². The van der Waals surface area contributed by atoms with Gasteiger partial charge in [0.05, 0.1) is 12.0 Å². The molecule has 1 aliphatic rings. The number of amides is 1. The third-order valence-electron chi connectivity index (χ3n) is 5.31. The standard InChI is InChI=1S/C22H30N2O5S/c1-4-23(5-2)19-12-11-18(21(14-19)29-30(26,27)6-3)16-24(15-17-9-10-17)22(25)20-8-7-13-28-20/h7-8,11-14,17H,4-6,9-10,15-16H2,1-3H3. The van der Waals surface area contributed by atoms with Crippen LogP contribution in [0.5, 0.6) is 5.75 Å². The zero-order valence-corrected chi connectivity index (χ0v) is 18.7. The van der Waals surface area contributed by atoms with Crippen LogP contribution in [0.3, 0.4) is 0 Å². The number of benzene rings is 1. The van der Waals surface area contributed by atoms with Crippen molar-refractivity contribution in [1.29, 1.82) is 0 Å². The number of nitrogens with zero attached hydrogens (tertiary/aromatic N) is 2. The van der Waals surface area contributed by atoms with Crippen molar-refractivity contribution < 1.29 is 21.8 Å². The highest BCUT2D eigenvalue weighted by atomic mass is 32.2. The molecule has 0 atom stereocenters. The second-order valence-corrected chi connectivity index (χ2v) is 9.36. The van der Waals surface area contributed by atoms with E-state index in [-0.39, 0.29) is 29.7 Å². The van der Waals surface area contributed by atoms with E-state index in [9.17, 15) is 13.2 Å². The molecule has 0 unspecified atom stereocenters. The largest absolute Gasteiger partial charge is 0.459 e. The predicted molar refractivity (Wildman–Crippen MR) is 116 cm³/mol. The van der Waals surface area contributed by atoms with Crippen LogP contribution in [0.4, 0.5) is 5.69 Å². The van der Waals surface area contributed by atoms with Gasteiger partial charge in [-0.2, -0.15) is 8.42 Å². The zero-order valence-electron chi connectivity index (χ0n) is 17.8. The highest BCUT2D eigenvalue weighted by Crippen LogP contribution is 2.33. The van der Waals surface area contributed by atoms with Crippen LogP contribution in [0.25, 0.3) is 0 Å². The lowest BCUT2D eigenvalue weighted by Gasteiger charge is -2.25. The first-order valence-electron chi connectivity index (χ1n) is 10.5. The molecule has 1 aromatic carbocycles. The molecule has 1 amide bonds. The quantitative estimate of drug-likeness (QED) is 0.499. The van der Waals surface area contributed by atoms with E-state index in [0.29, 0.717) is 18.0 Å². The van der Waals surface area contributed by atoms with Crippen LogP contribution < -0.4 is 9.08 Å². The van der Waals surface area contributed by atoms with Gasteiger partial charge in [0.1, 0.15) is 5.75 Å². The van der Waals surface area contributed by atoms with E-state index in [4.69, 9.17) is 8.60 Å². The lowest BCUT2D eigenvalue weighted by atomic mass is 10.1. The number of hydrogen-bond acceptors (Lipinski definition) is 6. The summed E-state index contributed by atoms with van der Waals surface area (Å²) in [6, 6.07) is 8.88. The third kappa shape index (κ3) is 5.56. The van der Waals surface area contributed by atoms with E-state index in [1.54, 1.807) is 30.0 Å². The maximum atomic E-state index is 13.0. The molecule has 0 N–H and O–H groups in total. The summed E-state index contributed by atoms with van der Waals surface area (Å²) in [5, 5.41) is 0. The van der Waals surface area contributed by atoms with Gasteiger partial charge in [-0.1, -0.05) is 6.07 Å². The van der Waals surface area contributed by atoms with Crippen LogP contribution in [0, 0.1) is 5.92 Å². The van der Waals surface area contributed by atoms with Gasteiger partial charge in [-0.05, 0) is 57.7 Å². The number of furan rings is 1. The second-order valence-electron chi connectivity index (χ2n) is 7.50. The fourth-order valence-corrected chi connectivity index (χ4v) is 3.87. The summed E-state index contributed by atoms with van der Waals surface area (Å²) in [6.45, 7) is 8.07. The molecule has 1 aromatic heterocycles. The van der Waals surface area contributed by atoms with Crippen LogP contribution in [0.15, 0.2) is 41.0 Å². The lowest BCUT2D eigenvalue weighted by Crippen LogP contribution is -2.32. The number of hydrogen-bond donors (Lipinski definition) is 0. The van der Waals surface area contributed by atoms with Gasteiger partial charge in [0.25, 0.3) is 5.91 Å². The normalized spacial score (nSPS) is 13.8. The summed E-state index contributed by atoms with van der Waals surface area (Å²) in [6.07, 6.45) is 3.66. The molecule has 7 nitrogen and oxygen atoms in total. The molecule has 3 rings (SSSR count). The zero-order chi connectivity index (χ0) is 21.7. The SMILES string of the molecule is CCN(CC)c1ccc(CN(CC2CC2)C(=O)c2ccco2)c(OS(=O)(=O)CC)c1. The Balaban J connectivity index is 1.93. The average Bonchev–Trinajstić information content (AvgIpc) is 3.38. The number of rotatable bonds is 11. The Labute approximate surface area is 178 Å². The van der Waals surface area contributed by atoms with Crippen molar-refractivity contribution in [1.82, 2.24) is 4.90 Å². The molecule has 8 heteroatoms. The molecule has 0 saturated heterocycles. The molecule has 1 aliphatic carbocycles. The second kappa shape index (κ2) is 9.55. The van der Waals surface area contributed by atoms with Crippen LogP contribution in [0.2, 0.25) is 0 Å². The summed E-state index contributed by atoms with van der Waals surface area (Å²) in [5.74, 6) is 0.693. The van der Waals surface area contributed by atoms with Crippen molar-refractivity contribution in [3.63, 3.8) is 0 Å². The molecule has 0 spiro atoms. The minimum Gasteiger partial charge on any atom is -0.459 e. The van der Waals surface area contributed by atoms with Gasteiger partial charge in [-0.15, -0.1) is 0 Å². The molecule has 0 bridgehead atoms. The Morgan fingerprint density at radius 2 is 1.90 bits per heavy atom. The summed E-state index contributed by atoms with van der Waals surface area (Å²) in [5.41, 5.74) is 1.54. The van der Waals surface area contributed by atoms with E-state index < -0.39 is 10.1 Å². The number of anilines is 1. The van der Waals surface area contributed by atoms with Crippen LogP contribution >= 0.6 is 0 Å². The van der Waals surface area contributed by atoms with Gasteiger partial charge >= 0.3 is 10.1 Å². The third-order valence-corrected chi connectivity index (χ3v) is 6.45. The van der Waals surface area contributed by atoms with Crippen LogP contribution in [-0.2, 0) is 16.7 Å².